The Labute approximate surface area is 179 Å². The highest BCUT2D eigenvalue weighted by molar-refractivity contribution is 6.36. The van der Waals surface area contributed by atoms with E-state index in [1.54, 1.807) is 24.3 Å². The zero-order valence-electron chi connectivity index (χ0n) is 16.9. The molecule has 0 bridgehead atoms. The first-order valence-corrected chi connectivity index (χ1v) is 10.2. The lowest BCUT2D eigenvalue weighted by Crippen LogP contribution is -2.39. The van der Waals surface area contributed by atoms with Gasteiger partial charge in [0.1, 0.15) is 5.70 Å². The normalized spacial score (nSPS) is 17.5. The number of anilines is 1. The van der Waals surface area contributed by atoms with Crippen LogP contribution in [0.2, 0.25) is 0 Å². The quantitative estimate of drug-likeness (QED) is 0.689. The maximum absolute atomic E-state index is 13.7. The molecule has 2 heterocycles. The van der Waals surface area contributed by atoms with E-state index in [-0.39, 0.29) is 23.5 Å². The second-order valence-electron chi connectivity index (χ2n) is 7.44. The number of ether oxygens (including phenoxy) is 1. The Morgan fingerprint density at radius 3 is 2.35 bits per heavy atom. The molecule has 162 valence electrons. The number of benzene rings is 2. The second-order valence-corrected chi connectivity index (χ2v) is 7.44. The van der Waals surface area contributed by atoms with Crippen LogP contribution in [0.1, 0.15) is 12.0 Å². The Hall–Kier alpha value is -3.10. The number of imide groups is 1. The molecule has 1 N–H and O–H groups in total. The number of morpholine rings is 1. The van der Waals surface area contributed by atoms with Gasteiger partial charge in [-0.2, -0.15) is 0 Å². The molecule has 0 unspecified atom stereocenters. The Morgan fingerprint density at radius 1 is 0.903 bits per heavy atom. The van der Waals surface area contributed by atoms with E-state index in [9.17, 15) is 18.4 Å². The maximum atomic E-state index is 13.7. The molecule has 2 aliphatic heterocycles. The van der Waals surface area contributed by atoms with Crippen molar-refractivity contribution in [3.8, 4) is 0 Å². The summed E-state index contributed by atoms with van der Waals surface area (Å²) in [5.41, 5.74) is 1.07. The van der Waals surface area contributed by atoms with Gasteiger partial charge < -0.3 is 10.1 Å². The lowest BCUT2D eigenvalue weighted by Gasteiger charge is -2.27. The van der Waals surface area contributed by atoms with Crippen LogP contribution in [-0.2, 0) is 14.3 Å². The van der Waals surface area contributed by atoms with E-state index in [0.717, 1.165) is 31.8 Å². The molecule has 0 saturated carbocycles. The fourth-order valence-corrected chi connectivity index (χ4v) is 3.76. The molecule has 6 nitrogen and oxygen atoms in total. The summed E-state index contributed by atoms with van der Waals surface area (Å²) in [7, 11) is 0. The Kier molecular flexibility index (Phi) is 6.39. The number of nitrogens with one attached hydrogen (secondary N) is 1. The summed E-state index contributed by atoms with van der Waals surface area (Å²) < 4.78 is 32.3. The van der Waals surface area contributed by atoms with Crippen LogP contribution in [0, 0.1) is 11.6 Å². The highest BCUT2D eigenvalue weighted by Gasteiger charge is 2.39. The Bertz CT molecular complexity index is 1000. The largest absolute Gasteiger partial charge is 0.379 e. The van der Waals surface area contributed by atoms with Gasteiger partial charge in [0.25, 0.3) is 11.8 Å². The lowest BCUT2D eigenvalue weighted by atomic mass is 10.0. The van der Waals surface area contributed by atoms with Gasteiger partial charge in [-0.3, -0.25) is 19.4 Å². The molecule has 0 atom stereocenters. The smallest absolute Gasteiger partial charge is 0.278 e. The highest BCUT2D eigenvalue weighted by Crippen LogP contribution is 2.30. The zero-order chi connectivity index (χ0) is 21.8. The summed E-state index contributed by atoms with van der Waals surface area (Å²) in [5.74, 6) is -2.90. The predicted octanol–water partition coefficient (Wildman–Crippen LogP) is 2.88. The molecule has 0 spiro atoms. The van der Waals surface area contributed by atoms with Crippen molar-refractivity contribution in [1.29, 1.82) is 0 Å². The van der Waals surface area contributed by atoms with Gasteiger partial charge in [0, 0.05) is 37.9 Å². The fraction of sp³-hybridized carbons (Fsp3) is 0.304. The zero-order valence-corrected chi connectivity index (χ0v) is 16.9. The molecule has 4 rings (SSSR count). The Morgan fingerprint density at radius 2 is 1.65 bits per heavy atom. The van der Waals surface area contributed by atoms with Gasteiger partial charge >= 0.3 is 0 Å². The van der Waals surface area contributed by atoms with E-state index in [2.05, 4.69) is 10.2 Å². The minimum absolute atomic E-state index is 0.0635. The molecule has 1 fully saturated rings. The third-order valence-corrected chi connectivity index (χ3v) is 5.38. The van der Waals surface area contributed by atoms with Gasteiger partial charge in [0.05, 0.1) is 18.8 Å². The molecule has 8 heteroatoms. The number of hydrogen-bond acceptors (Lipinski definition) is 5. The number of nitrogens with zero attached hydrogens (tertiary/aromatic N) is 2. The summed E-state index contributed by atoms with van der Waals surface area (Å²) in [6.45, 7) is 4.06. The third-order valence-electron chi connectivity index (χ3n) is 5.38. The molecule has 2 aromatic carbocycles. The molecule has 0 radical (unpaired) electrons. The van der Waals surface area contributed by atoms with E-state index in [0.29, 0.717) is 25.2 Å². The van der Waals surface area contributed by atoms with E-state index >= 15 is 0 Å². The van der Waals surface area contributed by atoms with Crippen molar-refractivity contribution in [2.75, 3.05) is 44.7 Å². The number of carbonyl (C=O) groups excluding carboxylic acids is 2. The van der Waals surface area contributed by atoms with E-state index < -0.39 is 23.4 Å². The van der Waals surface area contributed by atoms with Gasteiger partial charge in [-0.05, 0) is 24.1 Å². The average molecular weight is 427 g/mol. The highest BCUT2D eigenvalue weighted by atomic mass is 19.2. The summed E-state index contributed by atoms with van der Waals surface area (Å²) in [5, 5.41) is 2.84. The molecule has 1 saturated heterocycles. The van der Waals surface area contributed by atoms with Crippen molar-refractivity contribution in [1.82, 2.24) is 9.80 Å². The summed E-state index contributed by atoms with van der Waals surface area (Å²) in [4.78, 5) is 29.7. The predicted molar refractivity (Wildman–Crippen MR) is 112 cm³/mol. The average Bonchev–Trinajstić information content (AvgIpc) is 3.02. The molecular weight excluding hydrogens is 404 g/mol. The van der Waals surface area contributed by atoms with Crippen molar-refractivity contribution >= 4 is 23.1 Å². The first kappa shape index (κ1) is 21.1. The van der Waals surface area contributed by atoms with Gasteiger partial charge in [-0.15, -0.1) is 0 Å². The summed E-state index contributed by atoms with van der Waals surface area (Å²) >= 11 is 0. The topological polar surface area (TPSA) is 61.9 Å². The van der Waals surface area contributed by atoms with Gasteiger partial charge in [0.2, 0.25) is 0 Å². The molecule has 0 aliphatic carbocycles. The van der Waals surface area contributed by atoms with Crippen LogP contribution in [0.3, 0.4) is 0 Å². The number of rotatable bonds is 7. The van der Waals surface area contributed by atoms with Crippen molar-refractivity contribution in [2.24, 2.45) is 0 Å². The van der Waals surface area contributed by atoms with Crippen molar-refractivity contribution < 1.29 is 23.1 Å². The molecule has 2 aromatic rings. The van der Waals surface area contributed by atoms with Gasteiger partial charge in [-0.1, -0.05) is 30.3 Å². The van der Waals surface area contributed by atoms with Crippen LogP contribution in [0.5, 0.6) is 0 Å². The summed E-state index contributed by atoms with van der Waals surface area (Å²) in [6, 6.07) is 12.1. The van der Waals surface area contributed by atoms with Crippen LogP contribution in [0.4, 0.5) is 14.5 Å². The van der Waals surface area contributed by atoms with Crippen molar-refractivity contribution in [3.63, 3.8) is 0 Å². The second kappa shape index (κ2) is 9.36. The summed E-state index contributed by atoms with van der Waals surface area (Å²) in [6.07, 6.45) is 0.637. The first-order chi connectivity index (χ1) is 15.0. The third kappa shape index (κ3) is 4.65. The molecule has 2 amide bonds. The minimum Gasteiger partial charge on any atom is -0.379 e. The first-order valence-electron chi connectivity index (χ1n) is 10.2. The lowest BCUT2D eigenvalue weighted by molar-refractivity contribution is -0.136. The van der Waals surface area contributed by atoms with Crippen LogP contribution in [-0.4, -0.2) is 61.0 Å². The van der Waals surface area contributed by atoms with E-state index in [4.69, 9.17) is 4.74 Å². The molecule has 31 heavy (non-hydrogen) atoms. The van der Waals surface area contributed by atoms with Gasteiger partial charge in [-0.25, -0.2) is 8.78 Å². The van der Waals surface area contributed by atoms with Crippen LogP contribution in [0.25, 0.3) is 5.57 Å². The minimum atomic E-state index is -1.04. The number of hydrogen-bond donors (Lipinski definition) is 1. The van der Waals surface area contributed by atoms with Crippen LogP contribution >= 0.6 is 0 Å². The van der Waals surface area contributed by atoms with Crippen LogP contribution in [0.15, 0.2) is 54.2 Å². The van der Waals surface area contributed by atoms with E-state index in [1.807, 2.05) is 6.07 Å². The molecule has 0 aromatic heterocycles. The molecular formula is C23H23F2N3O3. The van der Waals surface area contributed by atoms with Crippen LogP contribution < -0.4 is 5.32 Å². The SMILES string of the molecule is O=C1C(Nc2ccc(F)c(F)c2)=C(c2ccccc2)C(=O)N1CCCN1CCOCC1. The maximum Gasteiger partial charge on any atom is 0.278 e. The van der Waals surface area contributed by atoms with E-state index in [1.165, 1.54) is 11.0 Å². The monoisotopic (exact) mass is 427 g/mol. The van der Waals surface area contributed by atoms with Gasteiger partial charge in [0.15, 0.2) is 11.6 Å². The standard InChI is InChI=1S/C23H23F2N3O3/c24-18-8-7-17(15-19(18)25)26-21-20(16-5-2-1-3-6-16)22(29)28(23(21)30)10-4-9-27-11-13-31-14-12-27/h1-3,5-8,15,26H,4,9-14H2. The Balaban J connectivity index is 1.55. The number of amides is 2. The molecule has 2 aliphatic rings. The number of halogens is 2. The fourth-order valence-electron chi connectivity index (χ4n) is 3.76. The number of carbonyl (C=O) groups is 2. The van der Waals surface area contributed by atoms with Crippen molar-refractivity contribution in [3.05, 3.63) is 71.4 Å². The van der Waals surface area contributed by atoms with Crippen molar-refractivity contribution in [2.45, 2.75) is 6.42 Å².